The average Bonchev–Trinajstić information content (AvgIpc) is 2.93. The molecule has 0 saturated heterocycles. The van der Waals surface area contributed by atoms with Gasteiger partial charge in [-0.05, 0) is 113 Å². The molecule has 0 radical (unpaired) electrons. The molecule has 43 heavy (non-hydrogen) atoms. The van der Waals surface area contributed by atoms with Gasteiger partial charge < -0.3 is 25.4 Å². The first-order valence-electron chi connectivity index (χ1n) is 14.6. The van der Waals surface area contributed by atoms with Crippen LogP contribution in [-0.4, -0.2) is 57.1 Å². The first kappa shape index (κ1) is 33.8. The highest BCUT2D eigenvalue weighted by atomic mass is 32.2. The van der Waals surface area contributed by atoms with E-state index in [-0.39, 0.29) is 5.75 Å². The van der Waals surface area contributed by atoms with Gasteiger partial charge >= 0.3 is 6.09 Å². The van der Waals surface area contributed by atoms with E-state index in [1.54, 1.807) is 56.5 Å². The van der Waals surface area contributed by atoms with E-state index in [9.17, 15) is 19.5 Å². The second-order valence-corrected chi connectivity index (χ2v) is 13.3. The molecular weight excluding hydrogens is 562 g/mol. The molecule has 0 saturated carbocycles. The molecule has 8 nitrogen and oxygen atoms in total. The Morgan fingerprint density at radius 3 is 2.26 bits per heavy atom. The van der Waals surface area contributed by atoms with Crippen molar-refractivity contribution in [1.29, 1.82) is 0 Å². The number of rotatable bonds is 11. The third kappa shape index (κ3) is 8.89. The molecule has 0 bridgehead atoms. The maximum atomic E-state index is 14.6. The van der Waals surface area contributed by atoms with Crippen LogP contribution in [0.4, 0.5) is 10.5 Å². The number of hydrogen-bond acceptors (Lipinski definition) is 6. The minimum absolute atomic E-state index is 0.0921. The predicted molar refractivity (Wildman–Crippen MR) is 176 cm³/mol. The zero-order chi connectivity index (χ0) is 31.9. The number of aromatic hydroxyl groups is 1. The lowest BCUT2D eigenvalue weighted by Crippen LogP contribution is -2.59. The first-order chi connectivity index (χ1) is 20.2. The molecule has 3 aromatic rings. The number of amides is 3. The lowest BCUT2D eigenvalue weighted by molar-refractivity contribution is -0.147. The van der Waals surface area contributed by atoms with Crippen molar-refractivity contribution in [1.82, 2.24) is 10.2 Å². The highest BCUT2D eigenvalue weighted by Crippen LogP contribution is 2.35. The Hall–Kier alpha value is -3.72. The van der Waals surface area contributed by atoms with Crippen molar-refractivity contribution in [2.75, 3.05) is 17.3 Å². The minimum Gasteiger partial charge on any atom is -0.508 e. The maximum absolute atomic E-state index is 14.6. The van der Waals surface area contributed by atoms with E-state index >= 15 is 0 Å². The van der Waals surface area contributed by atoms with Gasteiger partial charge in [-0.1, -0.05) is 43.3 Å². The second kappa shape index (κ2) is 14.2. The molecule has 0 aromatic heterocycles. The van der Waals surface area contributed by atoms with Crippen molar-refractivity contribution in [3.63, 3.8) is 0 Å². The Morgan fingerprint density at radius 1 is 0.977 bits per heavy atom. The summed E-state index contributed by atoms with van der Waals surface area (Å²) in [5.74, 6) is -0.0967. The maximum Gasteiger partial charge on any atom is 0.408 e. The van der Waals surface area contributed by atoms with Crippen molar-refractivity contribution >= 4 is 46.1 Å². The summed E-state index contributed by atoms with van der Waals surface area (Å²) < 4.78 is 5.49. The number of nitrogens with one attached hydrogen (secondary N) is 2. The number of phenols is 1. The van der Waals surface area contributed by atoms with Crippen LogP contribution in [0, 0.1) is 6.92 Å². The molecule has 0 aliphatic heterocycles. The number of alkyl carbamates (subject to hydrolysis) is 1. The van der Waals surface area contributed by atoms with Gasteiger partial charge in [-0.15, -0.1) is 0 Å². The lowest BCUT2D eigenvalue weighted by Gasteiger charge is -2.44. The number of anilines is 1. The summed E-state index contributed by atoms with van der Waals surface area (Å²) in [5.41, 5.74) is 0.182. The quantitative estimate of drug-likeness (QED) is 0.213. The molecule has 2 atom stereocenters. The zero-order valence-electron chi connectivity index (χ0n) is 26.5. The highest BCUT2D eigenvalue weighted by Gasteiger charge is 2.43. The van der Waals surface area contributed by atoms with E-state index in [0.717, 1.165) is 10.8 Å². The van der Waals surface area contributed by atoms with Gasteiger partial charge in [0.1, 0.15) is 23.4 Å². The molecule has 0 aliphatic carbocycles. The third-order valence-corrected chi connectivity index (χ3v) is 8.06. The molecule has 232 valence electrons. The fourth-order valence-electron chi connectivity index (χ4n) is 4.80. The van der Waals surface area contributed by atoms with Crippen molar-refractivity contribution < 1.29 is 24.2 Å². The van der Waals surface area contributed by atoms with Crippen LogP contribution in [0.2, 0.25) is 0 Å². The monoisotopic (exact) mass is 607 g/mol. The SMILES string of the molecule is CCC(C)(C)N(C(=O)C(CCSC)NC(=O)OC(C)(C)C)C(C(=O)Nc1ccc2ccccc2c1)c1ccc(O)c(C)c1. The van der Waals surface area contributed by atoms with Crippen LogP contribution in [0.5, 0.6) is 5.75 Å². The van der Waals surface area contributed by atoms with Crippen LogP contribution >= 0.6 is 11.8 Å². The Morgan fingerprint density at radius 2 is 1.65 bits per heavy atom. The van der Waals surface area contributed by atoms with Crippen LogP contribution in [0.15, 0.2) is 60.7 Å². The number of fused-ring (bicyclic) bond motifs is 1. The van der Waals surface area contributed by atoms with Gasteiger partial charge in [0.05, 0.1) is 0 Å². The number of carbonyl (C=O) groups is 3. The fourth-order valence-corrected chi connectivity index (χ4v) is 5.27. The van der Waals surface area contributed by atoms with Gasteiger partial charge in [-0.25, -0.2) is 4.79 Å². The van der Waals surface area contributed by atoms with E-state index in [2.05, 4.69) is 10.6 Å². The highest BCUT2D eigenvalue weighted by molar-refractivity contribution is 7.98. The Bertz CT molecular complexity index is 1450. The predicted octanol–water partition coefficient (Wildman–Crippen LogP) is 7.20. The number of ether oxygens (including phenoxy) is 1. The minimum atomic E-state index is -1.06. The number of benzene rings is 3. The second-order valence-electron chi connectivity index (χ2n) is 12.4. The van der Waals surface area contributed by atoms with Crippen molar-refractivity contribution in [3.8, 4) is 5.75 Å². The van der Waals surface area contributed by atoms with E-state index in [0.29, 0.717) is 35.4 Å². The summed E-state index contributed by atoms with van der Waals surface area (Å²) in [6.45, 7) is 12.8. The van der Waals surface area contributed by atoms with Crippen LogP contribution in [0.3, 0.4) is 0 Å². The molecule has 3 rings (SSSR count). The summed E-state index contributed by atoms with van der Waals surface area (Å²) in [6, 6.07) is 16.5. The Labute approximate surface area is 259 Å². The summed E-state index contributed by atoms with van der Waals surface area (Å²) >= 11 is 1.56. The van der Waals surface area contributed by atoms with Gasteiger partial charge in [-0.3, -0.25) is 9.59 Å². The topological polar surface area (TPSA) is 108 Å². The fraction of sp³-hybridized carbons (Fsp3) is 0.441. The Balaban J connectivity index is 2.12. The van der Waals surface area contributed by atoms with Gasteiger partial charge in [0.15, 0.2) is 0 Å². The molecule has 3 amide bonds. The molecule has 3 aromatic carbocycles. The van der Waals surface area contributed by atoms with Crippen molar-refractivity contribution in [2.45, 2.75) is 84.5 Å². The van der Waals surface area contributed by atoms with Crippen LogP contribution < -0.4 is 10.6 Å². The molecule has 2 unspecified atom stereocenters. The van der Waals surface area contributed by atoms with Gasteiger partial charge in [0, 0.05) is 11.2 Å². The van der Waals surface area contributed by atoms with Crippen molar-refractivity contribution in [2.24, 2.45) is 0 Å². The number of phenolic OH excluding ortho intramolecular Hbond substituents is 1. The third-order valence-electron chi connectivity index (χ3n) is 7.41. The molecule has 0 aliphatic rings. The van der Waals surface area contributed by atoms with Gasteiger partial charge in [0.25, 0.3) is 5.91 Å². The zero-order valence-corrected chi connectivity index (χ0v) is 27.3. The van der Waals surface area contributed by atoms with Gasteiger partial charge in [-0.2, -0.15) is 11.8 Å². The summed E-state index contributed by atoms with van der Waals surface area (Å²) in [6.07, 6.45) is 2.13. The first-order valence-corrected chi connectivity index (χ1v) is 16.0. The molecule has 3 N–H and O–H groups in total. The van der Waals surface area contributed by atoms with E-state index < -0.39 is 41.1 Å². The molecule has 0 fully saturated rings. The molecule has 0 spiro atoms. The van der Waals surface area contributed by atoms with E-state index in [4.69, 9.17) is 4.74 Å². The smallest absolute Gasteiger partial charge is 0.408 e. The standard InChI is InChI=1S/C34H45N3O5S/c1-9-34(6,7)37(31(40)27(18-19-43-8)36-32(41)42-33(3,4)5)29(25-15-17-28(38)22(2)20-25)30(39)35-26-16-14-23-12-10-11-13-24(23)21-26/h10-17,20-21,27,29,38H,9,18-19H2,1-8H3,(H,35,39)(H,36,41). The largest absolute Gasteiger partial charge is 0.508 e. The number of hydrogen-bond donors (Lipinski definition) is 3. The summed E-state index contributed by atoms with van der Waals surface area (Å²) in [5, 5.41) is 18.1. The number of aryl methyl sites for hydroxylation is 1. The average molecular weight is 608 g/mol. The number of thioether (sulfide) groups is 1. The summed E-state index contributed by atoms with van der Waals surface area (Å²) in [4.78, 5) is 43.3. The van der Waals surface area contributed by atoms with Crippen molar-refractivity contribution in [3.05, 3.63) is 71.8 Å². The lowest BCUT2D eigenvalue weighted by atomic mass is 9.91. The van der Waals surface area contributed by atoms with E-state index in [1.807, 2.05) is 69.5 Å². The van der Waals surface area contributed by atoms with Crippen LogP contribution in [0.1, 0.15) is 71.6 Å². The van der Waals surface area contributed by atoms with Crippen LogP contribution in [0.25, 0.3) is 10.8 Å². The molecule has 0 heterocycles. The van der Waals surface area contributed by atoms with E-state index in [1.165, 1.54) is 6.07 Å². The molecule has 9 heteroatoms. The summed E-state index contributed by atoms with van der Waals surface area (Å²) in [7, 11) is 0. The number of carbonyl (C=O) groups excluding carboxylic acids is 3. The normalized spacial score (nSPS) is 13.2. The van der Waals surface area contributed by atoms with Gasteiger partial charge in [0.2, 0.25) is 5.91 Å². The van der Waals surface area contributed by atoms with Crippen LogP contribution in [-0.2, 0) is 14.3 Å². The number of nitrogens with zero attached hydrogens (tertiary/aromatic N) is 1. The molecular formula is C34H45N3O5S. The Kier molecular flexibility index (Phi) is 11.1.